The van der Waals surface area contributed by atoms with Crippen LogP contribution in [0.1, 0.15) is 63.3 Å². The molecule has 2 aromatic rings. The molecule has 0 radical (unpaired) electrons. The molecule has 6 heteroatoms. The first-order valence-electron chi connectivity index (χ1n) is 10.6. The van der Waals surface area contributed by atoms with Crippen molar-refractivity contribution in [2.75, 3.05) is 0 Å². The van der Waals surface area contributed by atoms with Crippen molar-refractivity contribution in [3.63, 3.8) is 0 Å². The van der Waals surface area contributed by atoms with Crippen LogP contribution in [0.2, 0.25) is 0 Å². The van der Waals surface area contributed by atoms with Gasteiger partial charge in [0.15, 0.2) is 12.4 Å². The van der Waals surface area contributed by atoms with Crippen molar-refractivity contribution >= 4 is 5.97 Å². The molecule has 4 fully saturated rings. The number of carbonyl (C=O) groups is 1. The third kappa shape index (κ3) is 2.85. The predicted molar refractivity (Wildman–Crippen MR) is 103 cm³/mol. The van der Waals surface area contributed by atoms with E-state index in [0.717, 1.165) is 32.2 Å². The minimum Gasteiger partial charge on any atom is -0.457 e. The summed E-state index contributed by atoms with van der Waals surface area (Å²) in [5.41, 5.74) is 1.23. The molecule has 4 aliphatic carbocycles. The summed E-state index contributed by atoms with van der Waals surface area (Å²) >= 11 is 0. The van der Waals surface area contributed by atoms with E-state index in [-0.39, 0.29) is 23.4 Å². The molecule has 148 valence electrons. The molecule has 0 aliphatic heterocycles. The molecule has 4 atom stereocenters. The van der Waals surface area contributed by atoms with Crippen LogP contribution in [0.3, 0.4) is 0 Å². The Morgan fingerprint density at radius 2 is 1.93 bits per heavy atom. The highest BCUT2D eigenvalue weighted by Crippen LogP contribution is 2.66. The van der Waals surface area contributed by atoms with Gasteiger partial charge in [-0.15, -0.1) is 5.10 Å². The van der Waals surface area contributed by atoms with Gasteiger partial charge in [-0.2, -0.15) is 0 Å². The Morgan fingerprint density at radius 3 is 2.64 bits per heavy atom. The van der Waals surface area contributed by atoms with Crippen LogP contribution >= 0.6 is 0 Å². The van der Waals surface area contributed by atoms with E-state index in [1.54, 1.807) is 4.68 Å². The molecule has 4 aliphatic rings. The standard InChI is InChI=1S/C22H28N4O2/c1-2-8-26-19(23-24-25-26)14-28-20(27)22-12-16-9-17(13-22)11-21(10-16,15-22)18-6-4-3-5-7-18/h3-7,16-17H,2,8-15H2,1H3/t16-,17+,21?,22?. The number of tetrazole rings is 1. The lowest BCUT2D eigenvalue weighted by atomic mass is 9.43. The fourth-order valence-corrected chi connectivity index (χ4v) is 6.63. The number of aromatic nitrogens is 4. The van der Waals surface area contributed by atoms with Crippen LogP contribution in [-0.4, -0.2) is 26.2 Å². The number of rotatable bonds is 6. The SMILES string of the molecule is CCCn1nnnc1COC(=O)C12C[C@H]3C[C@@H](C1)CC(c1ccccc1)(C3)C2. The lowest BCUT2D eigenvalue weighted by Crippen LogP contribution is -2.57. The molecule has 1 heterocycles. The van der Waals surface area contributed by atoms with Gasteiger partial charge in [-0.3, -0.25) is 4.79 Å². The molecule has 0 N–H and O–H groups in total. The summed E-state index contributed by atoms with van der Waals surface area (Å²) in [6.07, 6.45) is 7.55. The first-order valence-corrected chi connectivity index (χ1v) is 10.6. The molecule has 4 saturated carbocycles. The summed E-state index contributed by atoms with van der Waals surface area (Å²) in [6.45, 7) is 2.99. The maximum absolute atomic E-state index is 13.3. The fraction of sp³-hybridized carbons (Fsp3) is 0.636. The number of benzene rings is 1. The van der Waals surface area contributed by atoms with Crippen molar-refractivity contribution in [2.24, 2.45) is 17.3 Å². The monoisotopic (exact) mass is 380 g/mol. The Balaban J connectivity index is 1.37. The number of hydrogen-bond donors (Lipinski definition) is 0. The van der Waals surface area contributed by atoms with Gasteiger partial charge in [0.05, 0.1) is 5.41 Å². The first-order chi connectivity index (χ1) is 13.6. The van der Waals surface area contributed by atoms with Gasteiger partial charge in [0.1, 0.15) is 0 Å². The number of hydrogen-bond acceptors (Lipinski definition) is 5. The van der Waals surface area contributed by atoms with Crippen LogP contribution in [0.5, 0.6) is 0 Å². The van der Waals surface area contributed by atoms with Gasteiger partial charge in [-0.05, 0) is 78.2 Å². The molecular formula is C22H28N4O2. The van der Waals surface area contributed by atoms with Gasteiger partial charge in [-0.25, -0.2) is 4.68 Å². The van der Waals surface area contributed by atoms with E-state index in [2.05, 4.69) is 52.8 Å². The van der Waals surface area contributed by atoms with Crippen LogP contribution in [0, 0.1) is 17.3 Å². The molecule has 2 unspecified atom stereocenters. The molecule has 0 spiro atoms. The van der Waals surface area contributed by atoms with Crippen LogP contribution in [0.4, 0.5) is 0 Å². The fourth-order valence-electron chi connectivity index (χ4n) is 6.63. The number of aryl methyl sites for hydroxylation is 1. The van der Waals surface area contributed by atoms with Gasteiger partial charge in [0, 0.05) is 6.54 Å². The highest BCUT2D eigenvalue weighted by atomic mass is 16.5. The third-order valence-electron chi connectivity index (χ3n) is 7.25. The summed E-state index contributed by atoms with van der Waals surface area (Å²) in [6, 6.07) is 10.9. The lowest BCUT2D eigenvalue weighted by molar-refractivity contribution is -0.175. The normalized spacial score (nSPS) is 33.2. The van der Waals surface area contributed by atoms with Crippen molar-refractivity contribution in [1.82, 2.24) is 20.2 Å². The van der Waals surface area contributed by atoms with Crippen LogP contribution < -0.4 is 0 Å². The van der Waals surface area contributed by atoms with E-state index >= 15 is 0 Å². The molecular weight excluding hydrogens is 352 g/mol. The van der Waals surface area contributed by atoms with Gasteiger partial charge in [0.25, 0.3) is 0 Å². The summed E-state index contributed by atoms with van der Waals surface area (Å²) in [5.74, 6) is 1.88. The average Bonchev–Trinajstić information content (AvgIpc) is 3.13. The largest absolute Gasteiger partial charge is 0.457 e. The average molecular weight is 380 g/mol. The Morgan fingerprint density at radius 1 is 1.18 bits per heavy atom. The van der Waals surface area contributed by atoms with E-state index in [4.69, 9.17) is 4.74 Å². The van der Waals surface area contributed by atoms with Crippen molar-refractivity contribution in [1.29, 1.82) is 0 Å². The maximum Gasteiger partial charge on any atom is 0.312 e. The summed E-state index contributed by atoms with van der Waals surface area (Å²) < 4.78 is 7.57. The zero-order valence-corrected chi connectivity index (χ0v) is 16.5. The quantitative estimate of drug-likeness (QED) is 0.715. The van der Waals surface area contributed by atoms with Crippen molar-refractivity contribution in [3.8, 4) is 0 Å². The Kier molecular flexibility index (Phi) is 4.25. The van der Waals surface area contributed by atoms with Crippen molar-refractivity contribution in [2.45, 2.75) is 70.4 Å². The van der Waals surface area contributed by atoms with Gasteiger partial charge < -0.3 is 4.74 Å². The zero-order chi connectivity index (χ0) is 19.2. The number of ether oxygens (including phenoxy) is 1. The smallest absolute Gasteiger partial charge is 0.312 e. The van der Waals surface area contributed by atoms with Gasteiger partial charge in [0.2, 0.25) is 0 Å². The third-order valence-corrected chi connectivity index (χ3v) is 7.25. The second kappa shape index (κ2) is 6.68. The van der Waals surface area contributed by atoms with E-state index in [1.807, 2.05) is 0 Å². The Bertz CT molecular complexity index is 848. The van der Waals surface area contributed by atoms with Crippen LogP contribution in [-0.2, 0) is 28.1 Å². The molecule has 6 nitrogen and oxygen atoms in total. The molecule has 1 aromatic carbocycles. The summed E-state index contributed by atoms with van der Waals surface area (Å²) in [5, 5.41) is 11.8. The highest BCUT2D eigenvalue weighted by molar-refractivity contribution is 5.78. The predicted octanol–water partition coefficient (Wildman–Crippen LogP) is 3.66. The summed E-state index contributed by atoms with van der Waals surface area (Å²) in [7, 11) is 0. The minimum absolute atomic E-state index is 0.0343. The first kappa shape index (κ1) is 17.8. The zero-order valence-electron chi connectivity index (χ0n) is 16.5. The van der Waals surface area contributed by atoms with Crippen molar-refractivity contribution < 1.29 is 9.53 Å². The molecule has 6 rings (SSSR count). The van der Waals surface area contributed by atoms with Gasteiger partial charge >= 0.3 is 5.97 Å². The highest BCUT2D eigenvalue weighted by Gasteiger charge is 2.61. The number of esters is 1. The van der Waals surface area contributed by atoms with E-state index in [1.165, 1.54) is 24.8 Å². The van der Waals surface area contributed by atoms with Crippen LogP contribution in [0.15, 0.2) is 30.3 Å². The number of carbonyl (C=O) groups excluding carboxylic acids is 1. The van der Waals surface area contributed by atoms with Gasteiger partial charge in [-0.1, -0.05) is 37.3 Å². The maximum atomic E-state index is 13.3. The minimum atomic E-state index is -0.330. The second-order valence-corrected chi connectivity index (χ2v) is 9.28. The van der Waals surface area contributed by atoms with Crippen molar-refractivity contribution in [3.05, 3.63) is 41.7 Å². The topological polar surface area (TPSA) is 69.9 Å². The van der Waals surface area contributed by atoms with E-state index in [0.29, 0.717) is 17.7 Å². The van der Waals surface area contributed by atoms with Crippen LogP contribution in [0.25, 0.3) is 0 Å². The Hall–Kier alpha value is -2.24. The number of nitrogens with zero attached hydrogens (tertiary/aromatic N) is 4. The molecule has 0 amide bonds. The van der Waals surface area contributed by atoms with E-state index < -0.39 is 0 Å². The summed E-state index contributed by atoms with van der Waals surface area (Å²) in [4.78, 5) is 13.3. The molecule has 1 aromatic heterocycles. The molecule has 28 heavy (non-hydrogen) atoms. The molecule has 4 bridgehead atoms. The lowest BCUT2D eigenvalue weighted by Gasteiger charge is -2.61. The van der Waals surface area contributed by atoms with E-state index in [9.17, 15) is 4.79 Å². The Labute approximate surface area is 165 Å². The second-order valence-electron chi connectivity index (χ2n) is 9.28. The molecule has 0 saturated heterocycles.